The Morgan fingerprint density at radius 1 is 1.50 bits per heavy atom. The summed E-state index contributed by atoms with van der Waals surface area (Å²) in [5.41, 5.74) is -0.0498. The van der Waals surface area contributed by atoms with Crippen molar-refractivity contribution in [3.8, 4) is 0 Å². The predicted molar refractivity (Wildman–Crippen MR) is 62.1 cm³/mol. The first-order valence-corrected chi connectivity index (χ1v) is 6.00. The number of hydrogen-bond donors (Lipinski definition) is 1. The number of nitrogens with zero attached hydrogens (tertiary/aromatic N) is 2. The standard InChI is InChI=1S/C12H16N2O4/c1-8(15)14-4-2-9(3-5-14)6-10-7-11(12(16)17)13-18-10/h7,9H,2-6H2,1H3,(H,16,17). The van der Waals surface area contributed by atoms with Crippen molar-refractivity contribution < 1.29 is 19.2 Å². The number of carbonyl (C=O) groups is 2. The highest BCUT2D eigenvalue weighted by Gasteiger charge is 2.22. The van der Waals surface area contributed by atoms with Crippen molar-refractivity contribution in [3.05, 3.63) is 17.5 Å². The molecule has 0 bridgehead atoms. The fourth-order valence-electron chi connectivity index (χ4n) is 2.25. The zero-order chi connectivity index (χ0) is 13.1. The van der Waals surface area contributed by atoms with E-state index in [1.807, 2.05) is 4.90 Å². The van der Waals surface area contributed by atoms with E-state index >= 15 is 0 Å². The molecule has 0 aromatic carbocycles. The van der Waals surface area contributed by atoms with Crippen molar-refractivity contribution >= 4 is 11.9 Å². The first-order valence-electron chi connectivity index (χ1n) is 6.00. The third kappa shape index (κ3) is 2.88. The summed E-state index contributed by atoms with van der Waals surface area (Å²) in [6.45, 7) is 3.11. The van der Waals surface area contributed by atoms with Crippen LogP contribution in [0.15, 0.2) is 10.6 Å². The van der Waals surface area contributed by atoms with Crippen LogP contribution >= 0.6 is 0 Å². The zero-order valence-electron chi connectivity index (χ0n) is 10.3. The maximum Gasteiger partial charge on any atom is 0.358 e. The SMILES string of the molecule is CC(=O)N1CCC(Cc2cc(C(=O)O)no2)CC1. The molecule has 0 radical (unpaired) electrons. The van der Waals surface area contributed by atoms with Crippen molar-refractivity contribution in [1.82, 2.24) is 10.1 Å². The van der Waals surface area contributed by atoms with Gasteiger partial charge in [-0.05, 0) is 18.8 Å². The van der Waals surface area contributed by atoms with Crippen LogP contribution in [0.1, 0.15) is 36.0 Å². The van der Waals surface area contributed by atoms with Gasteiger partial charge >= 0.3 is 5.97 Å². The number of aromatic carboxylic acids is 1. The summed E-state index contributed by atoms with van der Waals surface area (Å²) in [5.74, 6) is 0.0709. The molecular formula is C12H16N2O4. The van der Waals surface area contributed by atoms with E-state index in [1.54, 1.807) is 6.92 Å². The van der Waals surface area contributed by atoms with Crippen LogP contribution < -0.4 is 0 Å². The molecule has 1 saturated heterocycles. The van der Waals surface area contributed by atoms with Crippen LogP contribution in [0.2, 0.25) is 0 Å². The Labute approximate surface area is 105 Å². The molecule has 1 aliphatic rings. The highest BCUT2D eigenvalue weighted by Crippen LogP contribution is 2.22. The Kier molecular flexibility index (Phi) is 3.64. The van der Waals surface area contributed by atoms with Crippen LogP contribution in [0.5, 0.6) is 0 Å². The third-order valence-corrected chi connectivity index (χ3v) is 3.33. The number of carboxylic acids is 1. The average molecular weight is 252 g/mol. The van der Waals surface area contributed by atoms with E-state index in [0.717, 1.165) is 25.9 Å². The number of amides is 1. The molecule has 1 aromatic rings. The van der Waals surface area contributed by atoms with Crippen molar-refractivity contribution in [2.75, 3.05) is 13.1 Å². The minimum atomic E-state index is -1.07. The molecule has 2 heterocycles. The second-order valence-electron chi connectivity index (χ2n) is 4.64. The molecule has 2 rings (SSSR count). The van der Waals surface area contributed by atoms with Gasteiger partial charge in [-0.1, -0.05) is 5.16 Å². The van der Waals surface area contributed by atoms with Crippen molar-refractivity contribution in [1.29, 1.82) is 0 Å². The monoisotopic (exact) mass is 252 g/mol. The maximum atomic E-state index is 11.2. The van der Waals surface area contributed by atoms with Gasteiger partial charge in [0.25, 0.3) is 0 Å². The highest BCUT2D eigenvalue weighted by atomic mass is 16.5. The molecule has 0 aliphatic carbocycles. The summed E-state index contributed by atoms with van der Waals surface area (Å²) >= 11 is 0. The second kappa shape index (κ2) is 5.20. The van der Waals surface area contributed by atoms with E-state index in [2.05, 4.69) is 5.16 Å². The summed E-state index contributed by atoms with van der Waals surface area (Å²) in [7, 11) is 0. The number of piperidine rings is 1. The lowest BCUT2D eigenvalue weighted by Crippen LogP contribution is -2.37. The fourth-order valence-corrected chi connectivity index (χ4v) is 2.25. The molecule has 0 saturated carbocycles. The molecule has 6 heteroatoms. The molecule has 1 aromatic heterocycles. The summed E-state index contributed by atoms with van der Waals surface area (Å²) < 4.78 is 4.99. The molecule has 1 aliphatic heterocycles. The van der Waals surface area contributed by atoms with E-state index in [1.165, 1.54) is 6.07 Å². The maximum absolute atomic E-state index is 11.2. The Hall–Kier alpha value is -1.85. The van der Waals surface area contributed by atoms with Gasteiger partial charge in [0, 0.05) is 32.5 Å². The van der Waals surface area contributed by atoms with E-state index in [-0.39, 0.29) is 11.6 Å². The van der Waals surface area contributed by atoms with Crippen LogP contribution in [0, 0.1) is 5.92 Å². The van der Waals surface area contributed by atoms with Gasteiger partial charge in [-0.3, -0.25) is 4.79 Å². The van der Waals surface area contributed by atoms with Gasteiger partial charge in [0.15, 0.2) is 5.69 Å². The Morgan fingerprint density at radius 2 is 2.17 bits per heavy atom. The Balaban J connectivity index is 1.87. The molecule has 0 unspecified atom stereocenters. The quantitative estimate of drug-likeness (QED) is 0.873. The number of carboxylic acid groups (broad SMARTS) is 1. The summed E-state index contributed by atoms with van der Waals surface area (Å²) in [5, 5.41) is 12.2. The largest absolute Gasteiger partial charge is 0.476 e. The number of hydrogen-bond acceptors (Lipinski definition) is 4. The molecular weight excluding hydrogens is 236 g/mol. The molecule has 1 N–H and O–H groups in total. The van der Waals surface area contributed by atoms with E-state index in [4.69, 9.17) is 9.63 Å². The average Bonchev–Trinajstić information content (AvgIpc) is 2.78. The van der Waals surface area contributed by atoms with Crippen LogP contribution in [0.25, 0.3) is 0 Å². The van der Waals surface area contributed by atoms with Gasteiger partial charge in [0.05, 0.1) is 0 Å². The molecule has 18 heavy (non-hydrogen) atoms. The third-order valence-electron chi connectivity index (χ3n) is 3.33. The molecule has 98 valence electrons. The lowest BCUT2D eigenvalue weighted by atomic mass is 9.92. The highest BCUT2D eigenvalue weighted by molar-refractivity contribution is 5.85. The first-order chi connectivity index (χ1) is 8.56. The van der Waals surface area contributed by atoms with Crippen molar-refractivity contribution in [3.63, 3.8) is 0 Å². The summed E-state index contributed by atoms with van der Waals surface area (Å²) in [6, 6.07) is 1.47. The minimum absolute atomic E-state index is 0.0498. The van der Waals surface area contributed by atoms with Gasteiger partial charge in [0.1, 0.15) is 5.76 Å². The van der Waals surface area contributed by atoms with E-state index < -0.39 is 5.97 Å². The van der Waals surface area contributed by atoms with Gasteiger partial charge < -0.3 is 14.5 Å². The number of carbonyl (C=O) groups excluding carboxylic acids is 1. The second-order valence-corrected chi connectivity index (χ2v) is 4.64. The van der Waals surface area contributed by atoms with Gasteiger partial charge in [-0.15, -0.1) is 0 Å². The molecule has 1 fully saturated rings. The number of rotatable bonds is 3. The normalized spacial score (nSPS) is 16.8. The molecule has 0 atom stereocenters. The topological polar surface area (TPSA) is 83.6 Å². The predicted octanol–water partition coefficient (Wildman–Crippen LogP) is 1.17. The van der Waals surface area contributed by atoms with Crippen LogP contribution in [0.3, 0.4) is 0 Å². The first kappa shape index (κ1) is 12.6. The van der Waals surface area contributed by atoms with Crippen LogP contribution in [0.4, 0.5) is 0 Å². The number of likely N-dealkylation sites (tertiary alicyclic amines) is 1. The lowest BCUT2D eigenvalue weighted by molar-refractivity contribution is -0.130. The smallest absolute Gasteiger partial charge is 0.358 e. The number of aromatic nitrogens is 1. The van der Waals surface area contributed by atoms with Gasteiger partial charge in [0.2, 0.25) is 5.91 Å². The molecule has 6 nitrogen and oxygen atoms in total. The van der Waals surface area contributed by atoms with E-state index in [0.29, 0.717) is 18.1 Å². The molecule has 0 spiro atoms. The Bertz CT molecular complexity index is 447. The van der Waals surface area contributed by atoms with Crippen molar-refractivity contribution in [2.45, 2.75) is 26.2 Å². The van der Waals surface area contributed by atoms with E-state index in [9.17, 15) is 9.59 Å². The minimum Gasteiger partial charge on any atom is -0.476 e. The lowest BCUT2D eigenvalue weighted by Gasteiger charge is -2.30. The van der Waals surface area contributed by atoms with Crippen LogP contribution in [-0.2, 0) is 11.2 Å². The zero-order valence-corrected chi connectivity index (χ0v) is 10.3. The van der Waals surface area contributed by atoms with Gasteiger partial charge in [-0.2, -0.15) is 0 Å². The summed E-state index contributed by atoms with van der Waals surface area (Å²) in [4.78, 5) is 23.7. The summed E-state index contributed by atoms with van der Waals surface area (Å²) in [6.07, 6.45) is 2.53. The fraction of sp³-hybridized carbons (Fsp3) is 0.583. The molecule has 1 amide bonds. The van der Waals surface area contributed by atoms with Crippen molar-refractivity contribution in [2.24, 2.45) is 5.92 Å². The van der Waals surface area contributed by atoms with Crippen LogP contribution in [-0.4, -0.2) is 40.1 Å². The Morgan fingerprint density at radius 3 is 2.67 bits per heavy atom. The van der Waals surface area contributed by atoms with Gasteiger partial charge in [-0.25, -0.2) is 4.79 Å².